The summed E-state index contributed by atoms with van der Waals surface area (Å²) in [5, 5.41) is 8.36. The SMILES string of the molecule is CNC1CCN(CC(=O)NC(=O)NC2CC2)CC1. The molecule has 1 saturated heterocycles. The highest BCUT2D eigenvalue weighted by molar-refractivity contribution is 5.95. The maximum atomic E-state index is 11.6. The van der Waals surface area contributed by atoms with Gasteiger partial charge in [0.2, 0.25) is 5.91 Å². The summed E-state index contributed by atoms with van der Waals surface area (Å²) in [7, 11) is 1.97. The highest BCUT2D eigenvalue weighted by atomic mass is 16.2. The van der Waals surface area contributed by atoms with E-state index < -0.39 is 0 Å². The van der Waals surface area contributed by atoms with Gasteiger partial charge in [-0.05, 0) is 32.7 Å². The van der Waals surface area contributed by atoms with Crippen molar-refractivity contribution in [2.24, 2.45) is 0 Å². The van der Waals surface area contributed by atoms with Crippen LogP contribution in [0.3, 0.4) is 0 Å². The summed E-state index contributed by atoms with van der Waals surface area (Å²) in [6.45, 7) is 2.13. The molecule has 0 radical (unpaired) electrons. The topological polar surface area (TPSA) is 73.5 Å². The van der Waals surface area contributed by atoms with Crippen molar-refractivity contribution in [3.8, 4) is 0 Å². The highest BCUT2D eigenvalue weighted by Crippen LogP contribution is 2.18. The smallest absolute Gasteiger partial charge is 0.321 e. The molecule has 18 heavy (non-hydrogen) atoms. The van der Waals surface area contributed by atoms with E-state index in [1.54, 1.807) is 0 Å². The van der Waals surface area contributed by atoms with Crippen LogP contribution in [0, 0.1) is 0 Å². The highest BCUT2D eigenvalue weighted by Gasteiger charge is 2.25. The van der Waals surface area contributed by atoms with Gasteiger partial charge in [0.25, 0.3) is 0 Å². The molecule has 102 valence electrons. The van der Waals surface area contributed by atoms with E-state index >= 15 is 0 Å². The number of nitrogens with one attached hydrogen (secondary N) is 3. The maximum Gasteiger partial charge on any atom is 0.321 e. The average Bonchev–Trinajstić information content (AvgIpc) is 3.13. The lowest BCUT2D eigenvalue weighted by Gasteiger charge is -2.31. The number of piperidine rings is 1. The Kier molecular flexibility index (Phi) is 4.54. The normalized spacial score (nSPS) is 21.6. The Hall–Kier alpha value is -1.14. The molecule has 1 aliphatic heterocycles. The lowest BCUT2D eigenvalue weighted by atomic mass is 10.1. The first-order chi connectivity index (χ1) is 8.67. The summed E-state index contributed by atoms with van der Waals surface area (Å²) >= 11 is 0. The number of urea groups is 1. The van der Waals surface area contributed by atoms with Gasteiger partial charge in [-0.1, -0.05) is 0 Å². The van der Waals surface area contributed by atoms with Crippen LogP contribution >= 0.6 is 0 Å². The second kappa shape index (κ2) is 6.15. The average molecular weight is 254 g/mol. The molecule has 1 heterocycles. The molecule has 0 unspecified atom stereocenters. The number of hydrogen-bond donors (Lipinski definition) is 3. The Balaban J connectivity index is 1.63. The Bertz CT molecular complexity index is 309. The molecule has 0 spiro atoms. The van der Waals surface area contributed by atoms with Gasteiger partial charge in [-0.2, -0.15) is 0 Å². The van der Waals surface area contributed by atoms with Crippen LogP contribution in [0.2, 0.25) is 0 Å². The molecule has 2 aliphatic rings. The van der Waals surface area contributed by atoms with Crippen molar-refractivity contribution >= 4 is 11.9 Å². The second-order valence-corrected chi connectivity index (χ2v) is 5.14. The van der Waals surface area contributed by atoms with E-state index in [0.29, 0.717) is 12.6 Å². The molecular weight excluding hydrogens is 232 g/mol. The van der Waals surface area contributed by atoms with E-state index in [4.69, 9.17) is 0 Å². The minimum atomic E-state index is -0.354. The molecule has 3 amide bonds. The molecule has 0 aromatic heterocycles. The number of likely N-dealkylation sites (tertiary alicyclic amines) is 1. The molecule has 1 saturated carbocycles. The number of carbonyl (C=O) groups excluding carboxylic acids is 2. The summed E-state index contributed by atoms with van der Waals surface area (Å²) in [6, 6.07) is 0.485. The predicted octanol–water partition coefficient (Wildman–Crippen LogP) is -0.342. The van der Waals surface area contributed by atoms with Crippen molar-refractivity contribution in [1.29, 1.82) is 0 Å². The van der Waals surface area contributed by atoms with Crippen LogP contribution in [0.4, 0.5) is 4.79 Å². The van der Waals surface area contributed by atoms with Crippen LogP contribution in [0.25, 0.3) is 0 Å². The van der Waals surface area contributed by atoms with Gasteiger partial charge in [-0.25, -0.2) is 4.79 Å². The van der Waals surface area contributed by atoms with Crippen molar-refractivity contribution in [3.63, 3.8) is 0 Å². The minimum absolute atomic E-state index is 0.212. The van der Waals surface area contributed by atoms with Crippen LogP contribution < -0.4 is 16.0 Å². The van der Waals surface area contributed by atoms with Crippen LogP contribution in [0.1, 0.15) is 25.7 Å². The second-order valence-electron chi connectivity index (χ2n) is 5.14. The number of amides is 3. The monoisotopic (exact) mass is 254 g/mol. The molecule has 1 aliphatic carbocycles. The van der Waals surface area contributed by atoms with Crippen LogP contribution in [0.5, 0.6) is 0 Å². The third-order valence-electron chi connectivity index (χ3n) is 3.53. The summed E-state index contributed by atoms with van der Waals surface area (Å²) in [5.41, 5.74) is 0. The fourth-order valence-corrected chi connectivity index (χ4v) is 2.20. The van der Waals surface area contributed by atoms with E-state index in [1.165, 1.54) is 0 Å². The van der Waals surface area contributed by atoms with Crippen molar-refractivity contribution in [2.45, 2.75) is 37.8 Å². The maximum absolute atomic E-state index is 11.6. The standard InChI is InChI=1S/C12H22N4O2/c1-13-9-4-6-16(7-5-9)8-11(17)15-12(18)14-10-2-3-10/h9-10,13H,2-8H2,1H3,(H2,14,15,17,18). The molecule has 6 heteroatoms. The first kappa shape index (κ1) is 13.3. The van der Waals surface area contributed by atoms with Crippen molar-refractivity contribution < 1.29 is 9.59 Å². The summed E-state index contributed by atoms with van der Waals surface area (Å²) in [4.78, 5) is 25.1. The van der Waals surface area contributed by atoms with E-state index in [1.807, 2.05) is 7.05 Å². The van der Waals surface area contributed by atoms with Gasteiger partial charge in [0.15, 0.2) is 0 Å². The van der Waals surface area contributed by atoms with Crippen molar-refractivity contribution in [1.82, 2.24) is 20.9 Å². The zero-order chi connectivity index (χ0) is 13.0. The number of nitrogens with zero attached hydrogens (tertiary/aromatic N) is 1. The zero-order valence-corrected chi connectivity index (χ0v) is 10.9. The quantitative estimate of drug-likeness (QED) is 0.641. The number of carbonyl (C=O) groups is 2. The lowest BCUT2D eigenvalue weighted by molar-refractivity contribution is -0.121. The number of hydrogen-bond acceptors (Lipinski definition) is 4. The fourth-order valence-electron chi connectivity index (χ4n) is 2.20. The Morgan fingerprint density at radius 3 is 2.33 bits per heavy atom. The Morgan fingerprint density at radius 2 is 1.78 bits per heavy atom. The summed E-state index contributed by atoms with van der Waals surface area (Å²) < 4.78 is 0. The van der Waals surface area contributed by atoms with Gasteiger partial charge in [-0.3, -0.25) is 15.0 Å². The predicted molar refractivity (Wildman–Crippen MR) is 68.2 cm³/mol. The molecule has 2 fully saturated rings. The molecule has 0 aromatic carbocycles. The number of rotatable bonds is 4. The molecule has 0 bridgehead atoms. The zero-order valence-electron chi connectivity index (χ0n) is 10.9. The third kappa shape index (κ3) is 4.27. The van der Waals surface area contributed by atoms with Crippen LogP contribution in [-0.2, 0) is 4.79 Å². The van der Waals surface area contributed by atoms with Gasteiger partial charge >= 0.3 is 6.03 Å². The van der Waals surface area contributed by atoms with E-state index in [-0.39, 0.29) is 18.0 Å². The molecular formula is C12H22N4O2. The fraction of sp³-hybridized carbons (Fsp3) is 0.833. The van der Waals surface area contributed by atoms with Gasteiger partial charge < -0.3 is 10.6 Å². The lowest BCUT2D eigenvalue weighted by Crippen LogP contribution is -2.48. The first-order valence-corrected chi connectivity index (χ1v) is 6.67. The molecule has 2 rings (SSSR count). The molecule has 0 atom stereocenters. The van der Waals surface area contributed by atoms with Gasteiger partial charge in [-0.15, -0.1) is 0 Å². The summed E-state index contributed by atoms with van der Waals surface area (Å²) in [6.07, 6.45) is 4.16. The summed E-state index contributed by atoms with van der Waals surface area (Å²) in [5.74, 6) is -0.212. The molecule has 0 aromatic rings. The van der Waals surface area contributed by atoms with E-state index in [9.17, 15) is 9.59 Å². The molecule has 6 nitrogen and oxygen atoms in total. The van der Waals surface area contributed by atoms with Gasteiger partial charge in [0.05, 0.1) is 6.54 Å². The Labute approximate surface area is 107 Å². The van der Waals surface area contributed by atoms with Crippen molar-refractivity contribution in [3.05, 3.63) is 0 Å². The first-order valence-electron chi connectivity index (χ1n) is 6.67. The van der Waals surface area contributed by atoms with Gasteiger partial charge in [0, 0.05) is 25.2 Å². The van der Waals surface area contributed by atoms with Crippen molar-refractivity contribution in [2.75, 3.05) is 26.7 Å². The Morgan fingerprint density at radius 1 is 1.11 bits per heavy atom. The van der Waals surface area contributed by atoms with Gasteiger partial charge in [0.1, 0.15) is 0 Å². The minimum Gasteiger partial charge on any atom is -0.335 e. The van der Waals surface area contributed by atoms with Crippen LogP contribution in [-0.4, -0.2) is 55.6 Å². The molecule has 3 N–H and O–H groups in total. The largest absolute Gasteiger partial charge is 0.335 e. The van der Waals surface area contributed by atoms with E-state index in [2.05, 4.69) is 20.9 Å². The van der Waals surface area contributed by atoms with E-state index in [0.717, 1.165) is 38.8 Å². The third-order valence-corrected chi connectivity index (χ3v) is 3.53. The number of imide groups is 1. The van der Waals surface area contributed by atoms with Crippen LogP contribution in [0.15, 0.2) is 0 Å².